The minimum Gasteiger partial charge on any atom is -0.441 e. The van der Waals surface area contributed by atoms with Gasteiger partial charge in [-0.3, -0.25) is 0 Å². The Morgan fingerprint density at radius 2 is 2.00 bits per heavy atom. The van der Waals surface area contributed by atoms with E-state index in [9.17, 15) is 4.39 Å². The maximum Gasteiger partial charge on any atom is 0.261 e. The monoisotopic (exact) mass is 320 g/mol. The molecule has 2 aromatic carbocycles. The number of aromatic nitrogens is 3. The fourth-order valence-corrected chi connectivity index (χ4v) is 2.39. The maximum absolute atomic E-state index is 14.0. The van der Waals surface area contributed by atoms with Gasteiger partial charge in [0.05, 0.1) is 17.2 Å². The summed E-state index contributed by atoms with van der Waals surface area (Å²) < 4.78 is 24.6. The molecular formula is C17H9FN4O2. The van der Waals surface area contributed by atoms with Crippen molar-refractivity contribution in [3.05, 3.63) is 53.7 Å². The van der Waals surface area contributed by atoms with Crippen LogP contribution in [0.4, 0.5) is 4.39 Å². The molecule has 0 fully saturated rings. The lowest BCUT2D eigenvalue weighted by Crippen LogP contribution is -1.87. The molecule has 0 spiro atoms. The molecule has 0 radical (unpaired) electrons. The number of rotatable bonds is 2. The lowest BCUT2D eigenvalue weighted by Gasteiger charge is -1.97. The van der Waals surface area contributed by atoms with Crippen molar-refractivity contribution in [3.8, 4) is 28.9 Å². The standard InChI is InChI=1S/C17H9FN4O2/c1-9-20-14-7-11(3-5-15(14)23-9)16-21-17(24-22-16)12-4-2-10(8-19)6-13(12)18/h2-7H,1H3. The molecule has 0 aliphatic rings. The quantitative estimate of drug-likeness (QED) is 0.557. The number of benzene rings is 2. The fourth-order valence-electron chi connectivity index (χ4n) is 2.39. The van der Waals surface area contributed by atoms with Crippen molar-refractivity contribution in [1.29, 1.82) is 5.26 Å². The number of nitriles is 1. The van der Waals surface area contributed by atoms with Gasteiger partial charge in [-0.1, -0.05) is 5.16 Å². The van der Waals surface area contributed by atoms with E-state index in [1.165, 1.54) is 12.1 Å². The number of halogens is 1. The molecule has 2 heterocycles. The number of nitrogens with zero attached hydrogens (tertiary/aromatic N) is 4. The summed E-state index contributed by atoms with van der Waals surface area (Å²) in [5, 5.41) is 12.7. The maximum atomic E-state index is 14.0. The summed E-state index contributed by atoms with van der Waals surface area (Å²) in [7, 11) is 0. The van der Waals surface area contributed by atoms with Crippen LogP contribution in [0.2, 0.25) is 0 Å². The van der Waals surface area contributed by atoms with Crippen LogP contribution in [-0.4, -0.2) is 15.1 Å². The minimum absolute atomic E-state index is 0.0448. The Morgan fingerprint density at radius 3 is 2.79 bits per heavy atom. The van der Waals surface area contributed by atoms with Crippen molar-refractivity contribution < 1.29 is 13.3 Å². The molecule has 7 heteroatoms. The van der Waals surface area contributed by atoms with E-state index in [2.05, 4.69) is 15.1 Å². The summed E-state index contributed by atoms with van der Waals surface area (Å²) >= 11 is 0. The van der Waals surface area contributed by atoms with Crippen molar-refractivity contribution in [2.24, 2.45) is 0 Å². The van der Waals surface area contributed by atoms with E-state index in [0.717, 1.165) is 6.07 Å². The molecule has 0 N–H and O–H groups in total. The Balaban J connectivity index is 1.75. The van der Waals surface area contributed by atoms with E-state index < -0.39 is 5.82 Å². The SMILES string of the molecule is Cc1nc2cc(-c3noc(-c4ccc(C#N)cc4F)n3)ccc2o1. The van der Waals surface area contributed by atoms with Crippen LogP contribution in [0.1, 0.15) is 11.5 Å². The molecule has 0 aliphatic heterocycles. The van der Waals surface area contributed by atoms with E-state index in [4.69, 9.17) is 14.2 Å². The Kier molecular flexibility index (Phi) is 3.10. The predicted octanol–water partition coefficient (Wildman–Crippen LogP) is 3.86. The van der Waals surface area contributed by atoms with Gasteiger partial charge in [-0.25, -0.2) is 9.37 Å². The van der Waals surface area contributed by atoms with Crippen molar-refractivity contribution in [2.45, 2.75) is 6.92 Å². The lowest BCUT2D eigenvalue weighted by molar-refractivity contribution is 0.429. The molecule has 0 atom stereocenters. The summed E-state index contributed by atoms with van der Waals surface area (Å²) in [6.45, 7) is 1.76. The predicted molar refractivity (Wildman–Crippen MR) is 82.1 cm³/mol. The van der Waals surface area contributed by atoms with Crippen molar-refractivity contribution in [2.75, 3.05) is 0 Å². The van der Waals surface area contributed by atoms with Crippen LogP contribution in [0.15, 0.2) is 45.3 Å². The van der Waals surface area contributed by atoms with Crippen molar-refractivity contribution in [1.82, 2.24) is 15.1 Å². The Bertz CT molecular complexity index is 1110. The molecule has 0 unspecified atom stereocenters. The fraction of sp³-hybridized carbons (Fsp3) is 0.0588. The zero-order valence-corrected chi connectivity index (χ0v) is 12.4. The van der Waals surface area contributed by atoms with Gasteiger partial charge in [0.1, 0.15) is 11.3 Å². The second-order valence-electron chi connectivity index (χ2n) is 5.14. The van der Waals surface area contributed by atoms with Crippen LogP contribution in [0.25, 0.3) is 33.9 Å². The van der Waals surface area contributed by atoms with Gasteiger partial charge >= 0.3 is 0 Å². The zero-order chi connectivity index (χ0) is 16.7. The number of aryl methyl sites for hydroxylation is 1. The van der Waals surface area contributed by atoms with Crippen LogP contribution in [-0.2, 0) is 0 Å². The molecule has 0 aliphatic carbocycles. The van der Waals surface area contributed by atoms with E-state index in [1.54, 1.807) is 25.1 Å². The second kappa shape index (κ2) is 5.28. The first-order valence-corrected chi connectivity index (χ1v) is 7.05. The highest BCUT2D eigenvalue weighted by atomic mass is 19.1. The molecule has 0 saturated carbocycles. The average molecular weight is 320 g/mol. The summed E-state index contributed by atoms with van der Waals surface area (Å²) in [6.07, 6.45) is 0. The highest BCUT2D eigenvalue weighted by molar-refractivity contribution is 5.78. The van der Waals surface area contributed by atoms with E-state index in [1.807, 2.05) is 6.07 Å². The van der Waals surface area contributed by atoms with Gasteiger partial charge in [-0.15, -0.1) is 0 Å². The van der Waals surface area contributed by atoms with Gasteiger partial charge < -0.3 is 8.94 Å². The van der Waals surface area contributed by atoms with Gasteiger partial charge in [-0.05, 0) is 36.4 Å². The molecule has 116 valence electrons. The molecule has 0 bridgehead atoms. The zero-order valence-electron chi connectivity index (χ0n) is 12.4. The first-order valence-electron chi connectivity index (χ1n) is 7.05. The van der Waals surface area contributed by atoms with Gasteiger partial charge in [-0.2, -0.15) is 10.2 Å². The Labute approximate surface area is 135 Å². The Hall–Kier alpha value is -3.53. The highest BCUT2D eigenvalue weighted by Gasteiger charge is 2.15. The summed E-state index contributed by atoms with van der Waals surface area (Å²) in [6, 6.07) is 11.2. The Morgan fingerprint density at radius 1 is 1.12 bits per heavy atom. The summed E-state index contributed by atoms with van der Waals surface area (Å²) in [5.74, 6) is 0.335. The van der Waals surface area contributed by atoms with E-state index >= 15 is 0 Å². The third kappa shape index (κ3) is 2.30. The topological polar surface area (TPSA) is 88.7 Å². The van der Waals surface area contributed by atoms with E-state index in [0.29, 0.717) is 28.4 Å². The van der Waals surface area contributed by atoms with Gasteiger partial charge in [0, 0.05) is 12.5 Å². The van der Waals surface area contributed by atoms with Crippen LogP contribution >= 0.6 is 0 Å². The third-order valence-corrected chi connectivity index (χ3v) is 3.51. The molecular weight excluding hydrogens is 311 g/mol. The number of hydrogen-bond donors (Lipinski definition) is 0. The number of fused-ring (bicyclic) bond motifs is 1. The van der Waals surface area contributed by atoms with E-state index in [-0.39, 0.29) is 17.0 Å². The van der Waals surface area contributed by atoms with Crippen LogP contribution < -0.4 is 0 Å². The largest absolute Gasteiger partial charge is 0.441 e. The number of oxazole rings is 1. The average Bonchev–Trinajstić information content (AvgIpc) is 3.19. The van der Waals surface area contributed by atoms with Crippen LogP contribution in [0, 0.1) is 24.1 Å². The molecule has 4 rings (SSSR count). The van der Waals surface area contributed by atoms with Gasteiger partial charge in [0.2, 0.25) is 5.82 Å². The molecule has 24 heavy (non-hydrogen) atoms. The first kappa shape index (κ1) is 14.1. The third-order valence-electron chi connectivity index (χ3n) is 3.51. The minimum atomic E-state index is -0.591. The molecule has 2 aromatic heterocycles. The normalized spacial score (nSPS) is 10.9. The highest BCUT2D eigenvalue weighted by Crippen LogP contribution is 2.27. The van der Waals surface area contributed by atoms with Crippen molar-refractivity contribution >= 4 is 11.1 Å². The van der Waals surface area contributed by atoms with Crippen molar-refractivity contribution in [3.63, 3.8) is 0 Å². The summed E-state index contributed by atoms with van der Waals surface area (Å²) in [5.41, 5.74) is 2.40. The number of hydrogen-bond acceptors (Lipinski definition) is 6. The molecule has 4 aromatic rings. The first-order chi connectivity index (χ1) is 11.6. The molecule has 0 amide bonds. The molecule has 6 nitrogen and oxygen atoms in total. The second-order valence-corrected chi connectivity index (χ2v) is 5.14. The molecule has 0 saturated heterocycles. The lowest BCUT2D eigenvalue weighted by atomic mass is 10.1. The summed E-state index contributed by atoms with van der Waals surface area (Å²) in [4.78, 5) is 8.48. The smallest absolute Gasteiger partial charge is 0.261 e. The van der Waals surface area contributed by atoms with Crippen LogP contribution in [0.3, 0.4) is 0 Å². The van der Waals surface area contributed by atoms with Crippen LogP contribution in [0.5, 0.6) is 0 Å². The van der Waals surface area contributed by atoms with Gasteiger partial charge in [0.15, 0.2) is 11.5 Å². The van der Waals surface area contributed by atoms with Gasteiger partial charge in [0.25, 0.3) is 5.89 Å².